The summed E-state index contributed by atoms with van der Waals surface area (Å²) in [4.78, 5) is 18.6. The van der Waals surface area contributed by atoms with Crippen LogP contribution in [0.15, 0.2) is 29.3 Å². The van der Waals surface area contributed by atoms with Crippen LogP contribution in [0.25, 0.3) is 0 Å². The number of carbonyl (C=O) groups excluding carboxylic acids is 1. The molecule has 1 saturated heterocycles. The Morgan fingerprint density at radius 2 is 1.73 bits per heavy atom. The number of nitrogens with one attached hydrogen (secondary N) is 3. The van der Waals surface area contributed by atoms with Crippen LogP contribution < -0.4 is 20.9 Å². The van der Waals surface area contributed by atoms with Crippen molar-refractivity contribution in [2.45, 2.75) is 39.8 Å². The van der Waals surface area contributed by atoms with Gasteiger partial charge in [0.1, 0.15) is 5.60 Å². The standard InChI is InChI=1S/C21H35N5O3.HI/c1-5-22-19(23-10-11-24-20(27)29-21(2,3)4)25-16-17-6-8-18(9-7-17)26-12-14-28-15-13-26;/h6-9H,5,10-16H2,1-4H3,(H,24,27)(H2,22,23,25);1H. The van der Waals surface area contributed by atoms with Crippen LogP contribution in [0.1, 0.15) is 33.3 Å². The number of ether oxygens (including phenoxy) is 2. The first-order valence-corrected chi connectivity index (χ1v) is 10.3. The maximum atomic E-state index is 11.7. The van der Waals surface area contributed by atoms with Gasteiger partial charge in [-0.25, -0.2) is 9.79 Å². The van der Waals surface area contributed by atoms with Crippen LogP contribution in [0.4, 0.5) is 10.5 Å². The number of anilines is 1. The zero-order valence-corrected chi connectivity index (χ0v) is 20.8. The second kappa shape index (κ2) is 13.5. The molecule has 1 aliphatic rings. The molecule has 2 rings (SSSR count). The molecule has 1 fully saturated rings. The summed E-state index contributed by atoms with van der Waals surface area (Å²) in [5.74, 6) is 0.718. The predicted molar refractivity (Wildman–Crippen MR) is 132 cm³/mol. The van der Waals surface area contributed by atoms with Gasteiger partial charge < -0.3 is 30.3 Å². The Balaban J connectivity index is 0.00000450. The molecule has 1 aromatic rings. The summed E-state index contributed by atoms with van der Waals surface area (Å²) in [7, 11) is 0. The topological polar surface area (TPSA) is 87.2 Å². The van der Waals surface area contributed by atoms with Gasteiger partial charge >= 0.3 is 6.09 Å². The molecule has 8 nitrogen and oxygen atoms in total. The molecule has 3 N–H and O–H groups in total. The van der Waals surface area contributed by atoms with Gasteiger partial charge in [-0.3, -0.25) is 0 Å². The Kier molecular flexibility index (Phi) is 11.9. The SMILES string of the molecule is CCNC(=NCc1ccc(N2CCOCC2)cc1)NCCNC(=O)OC(C)(C)C.I. The number of rotatable bonds is 7. The second-order valence-corrected chi connectivity index (χ2v) is 7.82. The van der Waals surface area contributed by atoms with Crippen molar-refractivity contribution in [1.29, 1.82) is 0 Å². The Morgan fingerprint density at radius 3 is 2.33 bits per heavy atom. The molecular weight excluding hydrogens is 497 g/mol. The zero-order valence-electron chi connectivity index (χ0n) is 18.5. The van der Waals surface area contributed by atoms with E-state index in [2.05, 4.69) is 50.1 Å². The van der Waals surface area contributed by atoms with E-state index in [1.807, 2.05) is 27.7 Å². The zero-order chi connectivity index (χ0) is 21.1. The molecule has 0 aromatic heterocycles. The van der Waals surface area contributed by atoms with E-state index in [1.54, 1.807) is 0 Å². The van der Waals surface area contributed by atoms with Gasteiger partial charge in [-0.05, 0) is 45.4 Å². The number of guanidine groups is 1. The van der Waals surface area contributed by atoms with Crippen LogP contribution >= 0.6 is 24.0 Å². The molecule has 0 atom stereocenters. The first-order chi connectivity index (χ1) is 13.9. The van der Waals surface area contributed by atoms with Gasteiger partial charge in [0.05, 0.1) is 19.8 Å². The van der Waals surface area contributed by atoms with E-state index in [9.17, 15) is 4.79 Å². The molecule has 0 saturated carbocycles. The van der Waals surface area contributed by atoms with Gasteiger partial charge in [-0.2, -0.15) is 0 Å². The van der Waals surface area contributed by atoms with Crippen molar-refractivity contribution in [3.05, 3.63) is 29.8 Å². The van der Waals surface area contributed by atoms with Crippen molar-refractivity contribution in [2.75, 3.05) is 50.8 Å². The van der Waals surface area contributed by atoms with Crippen LogP contribution in [0.5, 0.6) is 0 Å². The number of aliphatic imine (C=N–C) groups is 1. The normalized spacial score (nSPS) is 14.5. The number of nitrogens with zero attached hydrogens (tertiary/aromatic N) is 2. The molecule has 0 radical (unpaired) electrons. The number of halogens is 1. The third kappa shape index (κ3) is 10.3. The number of carbonyl (C=O) groups is 1. The van der Waals surface area contributed by atoms with E-state index in [4.69, 9.17) is 9.47 Å². The van der Waals surface area contributed by atoms with E-state index in [0.717, 1.165) is 44.4 Å². The van der Waals surface area contributed by atoms with Crippen molar-refractivity contribution in [1.82, 2.24) is 16.0 Å². The van der Waals surface area contributed by atoms with Crippen molar-refractivity contribution in [3.63, 3.8) is 0 Å². The van der Waals surface area contributed by atoms with Gasteiger partial charge in [-0.1, -0.05) is 12.1 Å². The van der Waals surface area contributed by atoms with Gasteiger partial charge in [0, 0.05) is 38.4 Å². The monoisotopic (exact) mass is 533 g/mol. The average Bonchev–Trinajstić information content (AvgIpc) is 2.69. The molecule has 1 aliphatic heterocycles. The van der Waals surface area contributed by atoms with E-state index in [1.165, 1.54) is 5.69 Å². The van der Waals surface area contributed by atoms with Crippen LogP contribution in [0, 0.1) is 0 Å². The maximum Gasteiger partial charge on any atom is 0.407 e. The van der Waals surface area contributed by atoms with Crippen LogP contribution in [-0.4, -0.2) is 63.6 Å². The summed E-state index contributed by atoms with van der Waals surface area (Å²) in [5, 5.41) is 9.16. The lowest BCUT2D eigenvalue weighted by Crippen LogP contribution is -2.42. The van der Waals surface area contributed by atoms with Gasteiger partial charge in [0.2, 0.25) is 0 Å². The van der Waals surface area contributed by atoms with Gasteiger partial charge in [0.15, 0.2) is 5.96 Å². The third-order valence-electron chi connectivity index (χ3n) is 4.16. The van der Waals surface area contributed by atoms with Crippen molar-refractivity contribution < 1.29 is 14.3 Å². The number of hydrogen-bond donors (Lipinski definition) is 3. The minimum absolute atomic E-state index is 0. The molecule has 0 aliphatic carbocycles. The van der Waals surface area contributed by atoms with Gasteiger partial charge in [0.25, 0.3) is 0 Å². The van der Waals surface area contributed by atoms with E-state index < -0.39 is 11.7 Å². The summed E-state index contributed by atoms with van der Waals surface area (Å²) in [6.45, 7) is 13.3. The average molecular weight is 533 g/mol. The highest BCUT2D eigenvalue weighted by Crippen LogP contribution is 2.17. The maximum absolute atomic E-state index is 11.7. The molecule has 0 spiro atoms. The Bertz CT molecular complexity index is 656. The molecule has 1 amide bonds. The number of amides is 1. The number of alkyl carbamates (subject to hydrolysis) is 1. The third-order valence-corrected chi connectivity index (χ3v) is 4.16. The number of morpholine rings is 1. The lowest BCUT2D eigenvalue weighted by Gasteiger charge is -2.28. The summed E-state index contributed by atoms with van der Waals surface area (Å²) in [6.07, 6.45) is -0.415. The summed E-state index contributed by atoms with van der Waals surface area (Å²) < 4.78 is 10.6. The van der Waals surface area contributed by atoms with E-state index in [0.29, 0.717) is 19.6 Å². The Labute approximate surface area is 197 Å². The molecule has 170 valence electrons. The molecule has 0 bridgehead atoms. The first-order valence-electron chi connectivity index (χ1n) is 10.3. The van der Waals surface area contributed by atoms with Crippen molar-refractivity contribution in [3.8, 4) is 0 Å². The van der Waals surface area contributed by atoms with E-state index >= 15 is 0 Å². The van der Waals surface area contributed by atoms with Crippen molar-refractivity contribution >= 4 is 41.7 Å². The minimum Gasteiger partial charge on any atom is -0.444 e. The Morgan fingerprint density at radius 1 is 1.10 bits per heavy atom. The largest absolute Gasteiger partial charge is 0.444 e. The van der Waals surface area contributed by atoms with Crippen LogP contribution in [-0.2, 0) is 16.0 Å². The minimum atomic E-state index is -0.495. The number of hydrogen-bond acceptors (Lipinski definition) is 5. The summed E-state index contributed by atoms with van der Waals surface area (Å²) >= 11 is 0. The number of benzene rings is 1. The smallest absolute Gasteiger partial charge is 0.407 e. The molecule has 1 aromatic carbocycles. The Hall–Kier alpha value is -1.75. The summed E-state index contributed by atoms with van der Waals surface area (Å²) in [5.41, 5.74) is 1.87. The second-order valence-electron chi connectivity index (χ2n) is 7.82. The molecule has 1 heterocycles. The highest BCUT2D eigenvalue weighted by atomic mass is 127. The quantitative estimate of drug-likeness (QED) is 0.216. The van der Waals surface area contributed by atoms with Crippen LogP contribution in [0.3, 0.4) is 0 Å². The van der Waals surface area contributed by atoms with E-state index in [-0.39, 0.29) is 24.0 Å². The van der Waals surface area contributed by atoms with Crippen LogP contribution in [0.2, 0.25) is 0 Å². The lowest BCUT2D eigenvalue weighted by molar-refractivity contribution is 0.0529. The fraction of sp³-hybridized carbons (Fsp3) is 0.619. The fourth-order valence-corrected chi connectivity index (χ4v) is 2.81. The molecule has 30 heavy (non-hydrogen) atoms. The molecule has 9 heteroatoms. The lowest BCUT2D eigenvalue weighted by atomic mass is 10.2. The first kappa shape index (κ1) is 26.3. The fourth-order valence-electron chi connectivity index (χ4n) is 2.81. The van der Waals surface area contributed by atoms with Gasteiger partial charge in [-0.15, -0.1) is 24.0 Å². The highest BCUT2D eigenvalue weighted by molar-refractivity contribution is 14.0. The molecule has 0 unspecified atom stereocenters. The predicted octanol–water partition coefficient (Wildman–Crippen LogP) is 2.72. The summed E-state index contributed by atoms with van der Waals surface area (Å²) in [6, 6.07) is 8.51. The molecular formula is C21H36IN5O3. The highest BCUT2D eigenvalue weighted by Gasteiger charge is 2.15. The van der Waals surface area contributed by atoms with Crippen molar-refractivity contribution in [2.24, 2.45) is 4.99 Å².